The average molecular weight is 577 g/mol. The summed E-state index contributed by atoms with van der Waals surface area (Å²) in [7, 11) is 1.60. The third-order valence-corrected chi connectivity index (χ3v) is 6.66. The van der Waals surface area contributed by atoms with Crippen molar-refractivity contribution in [3.05, 3.63) is 54.6 Å². The number of carbonyl (C=O) groups excluding carboxylic acids is 1. The average Bonchev–Trinajstić information content (AvgIpc) is 3.45. The van der Waals surface area contributed by atoms with Crippen LogP contribution in [-0.2, 0) is 10.2 Å². The third-order valence-electron chi connectivity index (χ3n) is 6.66. The molecular weight excluding hydrogens is 540 g/mol. The summed E-state index contributed by atoms with van der Waals surface area (Å²) >= 11 is 0. The fraction of sp³-hybridized carbons (Fsp3) is 0.400. The number of nitrogens with zero attached hydrogens (tertiary/aromatic N) is 4. The molecule has 2 amide bonds. The van der Waals surface area contributed by atoms with Crippen LogP contribution in [0.3, 0.4) is 0 Å². The first kappa shape index (κ1) is 29.1. The number of hydrogen-bond donors (Lipinski definition) is 2. The van der Waals surface area contributed by atoms with Crippen LogP contribution in [0.25, 0.3) is 10.9 Å². The molecule has 12 heteroatoms. The van der Waals surface area contributed by atoms with Crippen molar-refractivity contribution in [1.29, 1.82) is 0 Å². The van der Waals surface area contributed by atoms with Gasteiger partial charge in [0.2, 0.25) is 5.88 Å². The highest BCUT2D eigenvalue weighted by atomic mass is 16.5. The van der Waals surface area contributed by atoms with Gasteiger partial charge in [-0.1, -0.05) is 32.0 Å². The van der Waals surface area contributed by atoms with Crippen LogP contribution < -0.4 is 24.8 Å². The molecule has 0 atom stereocenters. The Hall–Kier alpha value is -4.42. The summed E-state index contributed by atoms with van der Waals surface area (Å²) in [6.07, 6.45) is 2.30. The Morgan fingerprint density at radius 1 is 1.05 bits per heavy atom. The van der Waals surface area contributed by atoms with Crippen molar-refractivity contribution >= 4 is 28.4 Å². The first-order valence-corrected chi connectivity index (χ1v) is 13.9. The minimum atomic E-state index is -0.462. The summed E-state index contributed by atoms with van der Waals surface area (Å²) in [5.74, 6) is 2.99. The van der Waals surface area contributed by atoms with Gasteiger partial charge in [0.1, 0.15) is 17.8 Å². The minimum absolute atomic E-state index is 0.221. The van der Waals surface area contributed by atoms with Gasteiger partial charge in [-0.2, -0.15) is 0 Å². The maximum atomic E-state index is 12.6. The molecule has 0 aliphatic carbocycles. The number of benzene rings is 2. The van der Waals surface area contributed by atoms with Gasteiger partial charge in [0.15, 0.2) is 17.3 Å². The van der Waals surface area contributed by atoms with Crippen molar-refractivity contribution in [2.24, 2.45) is 0 Å². The number of morpholine rings is 1. The molecule has 0 unspecified atom stereocenters. The Morgan fingerprint density at radius 2 is 1.88 bits per heavy atom. The molecule has 0 saturated carbocycles. The van der Waals surface area contributed by atoms with E-state index in [2.05, 4.69) is 30.7 Å². The normalized spacial score (nSPS) is 14.0. The van der Waals surface area contributed by atoms with Crippen LogP contribution in [0.5, 0.6) is 23.1 Å². The van der Waals surface area contributed by atoms with E-state index < -0.39 is 6.03 Å². The lowest BCUT2D eigenvalue weighted by atomic mass is 9.93. The Balaban J connectivity index is 1.25. The molecule has 2 aromatic heterocycles. The monoisotopic (exact) mass is 576 g/mol. The number of amides is 2. The number of anilines is 2. The molecule has 4 aromatic rings. The number of fused-ring (bicyclic) bond motifs is 1. The zero-order valence-corrected chi connectivity index (χ0v) is 24.3. The maximum absolute atomic E-state index is 12.6. The second-order valence-electron chi connectivity index (χ2n) is 10.9. The van der Waals surface area contributed by atoms with Gasteiger partial charge >= 0.3 is 6.03 Å². The van der Waals surface area contributed by atoms with Crippen molar-refractivity contribution in [3.63, 3.8) is 0 Å². The summed E-state index contributed by atoms with van der Waals surface area (Å²) in [4.78, 5) is 23.7. The standard InChI is InChI=1S/C30H36N6O6/c1-30(2,3)26-18-27(35-42-26)34-29(37)33-20-7-5-8-21(15-20)41-28-22-16-25(24(38-4)17-23(22)31-19-32-28)40-12-6-9-36-10-13-39-14-11-36/h5,7-8,15-19H,6,9-14H2,1-4H3,(H2,33,34,35,37). The van der Waals surface area contributed by atoms with E-state index in [0.29, 0.717) is 57.9 Å². The van der Waals surface area contributed by atoms with Crippen LogP contribution in [0.2, 0.25) is 0 Å². The van der Waals surface area contributed by atoms with Crippen LogP contribution in [-0.4, -0.2) is 72.6 Å². The second kappa shape index (κ2) is 13.0. The number of nitrogens with one attached hydrogen (secondary N) is 2. The largest absolute Gasteiger partial charge is 0.493 e. The Kier molecular flexibility index (Phi) is 9.03. The Bertz CT molecular complexity index is 1510. The van der Waals surface area contributed by atoms with Gasteiger partial charge in [0.25, 0.3) is 0 Å². The smallest absolute Gasteiger partial charge is 0.324 e. The first-order chi connectivity index (χ1) is 20.3. The number of methoxy groups -OCH3 is 1. The zero-order chi connectivity index (χ0) is 29.5. The van der Waals surface area contributed by atoms with Crippen molar-refractivity contribution in [1.82, 2.24) is 20.0 Å². The van der Waals surface area contributed by atoms with Crippen LogP contribution in [0.15, 0.2) is 53.3 Å². The van der Waals surface area contributed by atoms with E-state index in [4.69, 9.17) is 23.5 Å². The van der Waals surface area contributed by atoms with E-state index in [-0.39, 0.29) is 5.41 Å². The first-order valence-electron chi connectivity index (χ1n) is 13.9. The van der Waals surface area contributed by atoms with Crippen LogP contribution >= 0.6 is 0 Å². The van der Waals surface area contributed by atoms with Gasteiger partial charge in [0.05, 0.1) is 37.8 Å². The summed E-state index contributed by atoms with van der Waals surface area (Å²) in [5.41, 5.74) is 0.948. The molecule has 5 rings (SSSR count). The molecule has 3 heterocycles. The number of ether oxygens (including phenoxy) is 4. The lowest BCUT2D eigenvalue weighted by Gasteiger charge is -2.26. The summed E-state index contributed by atoms with van der Waals surface area (Å²) in [5, 5.41) is 10.1. The Morgan fingerprint density at radius 3 is 2.64 bits per heavy atom. The lowest BCUT2D eigenvalue weighted by molar-refractivity contribution is 0.0357. The number of urea groups is 1. The molecular formula is C30H36N6O6. The molecule has 2 aromatic carbocycles. The third kappa shape index (κ3) is 7.45. The van der Waals surface area contributed by atoms with Crippen LogP contribution in [0.1, 0.15) is 33.0 Å². The highest BCUT2D eigenvalue weighted by Gasteiger charge is 2.20. The number of aromatic nitrogens is 3. The molecule has 0 spiro atoms. The summed E-state index contributed by atoms with van der Waals surface area (Å²) < 4.78 is 28.6. The SMILES string of the molecule is COc1cc2ncnc(Oc3cccc(NC(=O)Nc4cc(C(C)(C)C)on4)c3)c2cc1OCCCN1CCOCC1. The molecule has 222 valence electrons. The van der Waals surface area contributed by atoms with E-state index in [1.165, 1.54) is 6.33 Å². The quantitative estimate of drug-likeness (QED) is 0.234. The van der Waals surface area contributed by atoms with Gasteiger partial charge in [-0.15, -0.1) is 0 Å². The molecule has 1 fully saturated rings. The van der Waals surface area contributed by atoms with Gasteiger partial charge in [-0.3, -0.25) is 10.2 Å². The Labute approximate surface area is 244 Å². The number of carbonyl (C=O) groups is 1. The summed E-state index contributed by atoms with van der Waals surface area (Å²) in [6.45, 7) is 10.9. The fourth-order valence-corrected chi connectivity index (χ4v) is 4.40. The van der Waals surface area contributed by atoms with Crippen molar-refractivity contribution < 1.29 is 28.3 Å². The zero-order valence-electron chi connectivity index (χ0n) is 24.3. The second-order valence-corrected chi connectivity index (χ2v) is 10.9. The van der Waals surface area contributed by atoms with E-state index >= 15 is 0 Å². The van der Waals surface area contributed by atoms with Crippen LogP contribution in [0, 0.1) is 0 Å². The van der Waals surface area contributed by atoms with Crippen molar-refractivity contribution in [2.45, 2.75) is 32.6 Å². The molecule has 0 bridgehead atoms. The minimum Gasteiger partial charge on any atom is -0.493 e. The van der Waals surface area contributed by atoms with Crippen molar-refractivity contribution in [3.8, 4) is 23.1 Å². The summed E-state index contributed by atoms with van der Waals surface area (Å²) in [6, 6.07) is 11.9. The molecule has 1 saturated heterocycles. The predicted octanol–water partition coefficient (Wildman–Crippen LogP) is 5.46. The molecule has 2 N–H and O–H groups in total. The van der Waals surface area contributed by atoms with Gasteiger partial charge in [-0.25, -0.2) is 14.8 Å². The van der Waals surface area contributed by atoms with E-state index in [1.807, 2.05) is 26.8 Å². The van der Waals surface area contributed by atoms with Crippen molar-refractivity contribution in [2.75, 3.05) is 57.2 Å². The molecule has 42 heavy (non-hydrogen) atoms. The highest BCUT2D eigenvalue weighted by molar-refractivity contribution is 5.99. The predicted molar refractivity (Wildman–Crippen MR) is 158 cm³/mol. The fourth-order valence-electron chi connectivity index (χ4n) is 4.40. The number of hydrogen-bond acceptors (Lipinski definition) is 10. The van der Waals surface area contributed by atoms with Gasteiger partial charge in [-0.05, 0) is 24.6 Å². The van der Waals surface area contributed by atoms with Crippen LogP contribution in [0.4, 0.5) is 16.3 Å². The maximum Gasteiger partial charge on any atom is 0.324 e. The molecule has 0 radical (unpaired) electrons. The highest BCUT2D eigenvalue weighted by Crippen LogP contribution is 2.36. The lowest BCUT2D eigenvalue weighted by Crippen LogP contribution is -2.37. The van der Waals surface area contributed by atoms with E-state index in [9.17, 15) is 4.79 Å². The molecule has 1 aliphatic rings. The van der Waals surface area contributed by atoms with Gasteiger partial charge in [0, 0.05) is 48.9 Å². The molecule has 12 nitrogen and oxygen atoms in total. The molecule has 1 aliphatic heterocycles. The number of rotatable bonds is 10. The van der Waals surface area contributed by atoms with Gasteiger partial charge < -0.3 is 28.8 Å². The topological polar surface area (TPSA) is 133 Å². The van der Waals surface area contributed by atoms with E-state index in [0.717, 1.165) is 39.3 Å². The van der Waals surface area contributed by atoms with E-state index in [1.54, 1.807) is 43.5 Å².